The second-order valence-electron chi connectivity index (χ2n) is 6.41. The fraction of sp³-hybridized carbons (Fsp3) is 0.0909. The van der Waals surface area contributed by atoms with Gasteiger partial charge in [-0.25, -0.2) is 9.37 Å². The molecule has 0 bridgehead atoms. The van der Waals surface area contributed by atoms with Crippen molar-refractivity contribution in [3.8, 4) is 11.4 Å². The summed E-state index contributed by atoms with van der Waals surface area (Å²) in [6.45, 7) is 0. The lowest BCUT2D eigenvalue weighted by Gasteiger charge is -2.07. The Hall–Kier alpha value is -3.47. The maximum atomic E-state index is 12.9. The predicted octanol–water partition coefficient (Wildman–Crippen LogP) is 4.56. The molecule has 0 unspecified atom stereocenters. The first-order chi connectivity index (χ1) is 13.1. The molecule has 27 heavy (non-hydrogen) atoms. The molecule has 1 heterocycles. The lowest BCUT2D eigenvalue weighted by atomic mass is 10.1. The first kappa shape index (κ1) is 17.0. The predicted molar refractivity (Wildman–Crippen MR) is 105 cm³/mol. The molecule has 1 aromatic heterocycles. The highest BCUT2D eigenvalue weighted by molar-refractivity contribution is 5.92. The van der Waals surface area contributed by atoms with Gasteiger partial charge in [0.05, 0.1) is 17.5 Å². The van der Waals surface area contributed by atoms with Gasteiger partial charge in [-0.15, -0.1) is 0 Å². The third-order valence-electron chi connectivity index (χ3n) is 4.49. The molecule has 4 rings (SSSR count). The van der Waals surface area contributed by atoms with Crippen molar-refractivity contribution >= 4 is 22.6 Å². The highest BCUT2D eigenvalue weighted by Gasteiger charge is 2.10. The number of aromatic nitrogens is 2. The molecule has 1 amide bonds. The summed E-state index contributed by atoms with van der Waals surface area (Å²) < 4.78 is 15.0. The molecule has 1 N–H and O–H groups in total. The summed E-state index contributed by atoms with van der Waals surface area (Å²) in [7, 11) is 1.99. The average Bonchev–Trinajstić information content (AvgIpc) is 3.01. The van der Waals surface area contributed by atoms with Crippen LogP contribution in [0.3, 0.4) is 0 Å². The molecule has 4 nitrogen and oxygen atoms in total. The molecule has 0 atom stereocenters. The Kier molecular flexibility index (Phi) is 4.42. The molecule has 3 aromatic carbocycles. The van der Waals surface area contributed by atoms with Crippen molar-refractivity contribution in [3.05, 3.63) is 84.2 Å². The minimum atomic E-state index is -0.309. The number of amides is 1. The molecule has 0 radical (unpaired) electrons. The number of anilines is 1. The lowest BCUT2D eigenvalue weighted by Crippen LogP contribution is -2.14. The van der Waals surface area contributed by atoms with Gasteiger partial charge in [0.25, 0.3) is 0 Å². The standard InChI is InChI=1S/C22H18FN3O/c1-26-20-5-3-2-4-19(20)25-22(26)16-8-12-18(13-9-16)24-21(27)14-15-6-10-17(23)11-7-15/h2-13H,14H2,1H3,(H,24,27). The van der Waals surface area contributed by atoms with E-state index in [1.165, 1.54) is 12.1 Å². The number of hydrogen-bond donors (Lipinski definition) is 1. The smallest absolute Gasteiger partial charge is 0.228 e. The van der Waals surface area contributed by atoms with Gasteiger partial charge >= 0.3 is 0 Å². The SMILES string of the molecule is Cn1c(-c2ccc(NC(=O)Cc3ccc(F)cc3)cc2)nc2ccccc21. The Morgan fingerprint density at radius 1 is 1.00 bits per heavy atom. The molecule has 4 aromatic rings. The van der Waals surface area contributed by atoms with Crippen LogP contribution in [0.15, 0.2) is 72.8 Å². The largest absolute Gasteiger partial charge is 0.327 e. The second kappa shape index (κ2) is 7.03. The summed E-state index contributed by atoms with van der Waals surface area (Å²) in [6.07, 6.45) is 0.201. The quantitative estimate of drug-likeness (QED) is 0.581. The van der Waals surface area contributed by atoms with Crippen LogP contribution in [0.2, 0.25) is 0 Å². The number of rotatable bonds is 4. The summed E-state index contributed by atoms with van der Waals surface area (Å²) in [5, 5.41) is 2.87. The van der Waals surface area contributed by atoms with E-state index in [2.05, 4.69) is 14.9 Å². The summed E-state index contributed by atoms with van der Waals surface area (Å²) in [5.41, 5.74) is 4.48. The lowest BCUT2D eigenvalue weighted by molar-refractivity contribution is -0.115. The number of aryl methyl sites for hydroxylation is 1. The highest BCUT2D eigenvalue weighted by Crippen LogP contribution is 2.24. The first-order valence-electron chi connectivity index (χ1n) is 8.66. The Balaban J connectivity index is 1.49. The number of hydrogen-bond acceptors (Lipinski definition) is 2. The van der Waals surface area contributed by atoms with Crippen LogP contribution < -0.4 is 5.32 Å². The molecule has 5 heteroatoms. The summed E-state index contributed by atoms with van der Waals surface area (Å²) in [5.74, 6) is 0.425. The number of carbonyl (C=O) groups excluding carboxylic acids is 1. The monoisotopic (exact) mass is 359 g/mol. The van der Waals surface area contributed by atoms with Crippen molar-refractivity contribution in [2.24, 2.45) is 7.05 Å². The van der Waals surface area contributed by atoms with Crippen molar-refractivity contribution in [3.63, 3.8) is 0 Å². The van der Waals surface area contributed by atoms with Gasteiger partial charge in [0.2, 0.25) is 5.91 Å². The summed E-state index contributed by atoms with van der Waals surface area (Å²) in [4.78, 5) is 16.9. The zero-order valence-corrected chi connectivity index (χ0v) is 14.8. The Morgan fingerprint density at radius 3 is 2.41 bits per heavy atom. The Labute approximate surface area is 156 Å². The molecular weight excluding hydrogens is 341 g/mol. The minimum Gasteiger partial charge on any atom is -0.327 e. The number of nitrogens with one attached hydrogen (secondary N) is 1. The molecule has 0 saturated heterocycles. The number of imidazole rings is 1. The first-order valence-corrected chi connectivity index (χ1v) is 8.66. The fourth-order valence-electron chi connectivity index (χ4n) is 3.10. The number of nitrogens with zero attached hydrogens (tertiary/aromatic N) is 2. The van der Waals surface area contributed by atoms with Crippen LogP contribution in [0.1, 0.15) is 5.56 Å². The zero-order valence-electron chi connectivity index (χ0n) is 14.8. The number of benzene rings is 3. The van der Waals surface area contributed by atoms with E-state index in [9.17, 15) is 9.18 Å². The van der Waals surface area contributed by atoms with Crippen molar-refractivity contribution in [2.45, 2.75) is 6.42 Å². The average molecular weight is 359 g/mol. The number of halogens is 1. The van der Waals surface area contributed by atoms with Gasteiger partial charge < -0.3 is 9.88 Å². The van der Waals surface area contributed by atoms with Crippen molar-refractivity contribution in [1.82, 2.24) is 9.55 Å². The Bertz CT molecular complexity index is 1100. The second-order valence-corrected chi connectivity index (χ2v) is 6.41. The maximum absolute atomic E-state index is 12.9. The molecule has 0 fully saturated rings. The van der Waals surface area contributed by atoms with Crippen LogP contribution in [-0.4, -0.2) is 15.5 Å². The third-order valence-corrected chi connectivity index (χ3v) is 4.49. The van der Waals surface area contributed by atoms with E-state index >= 15 is 0 Å². The van der Waals surface area contributed by atoms with E-state index in [1.807, 2.05) is 55.6 Å². The van der Waals surface area contributed by atoms with Gasteiger partial charge in [-0.05, 0) is 54.1 Å². The van der Waals surface area contributed by atoms with E-state index in [1.54, 1.807) is 12.1 Å². The third kappa shape index (κ3) is 3.58. The topological polar surface area (TPSA) is 46.9 Å². The molecule has 134 valence electrons. The van der Waals surface area contributed by atoms with Crippen LogP contribution in [0, 0.1) is 5.82 Å². The van der Waals surface area contributed by atoms with Gasteiger partial charge in [-0.1, -0.05) is 24.3 Å². The van der Waals surface area contributed by atoms with Gasteiger partial charge in [0.15, 0.2) is 0 Å². The van der Waals surface area contributed by atoms with E-state index < -0.39 is 0 Å². The van der Waals surface area contributed by atoms with Crippen molar-refractivity contribution < 1.29 is 9.18 Å². The van der Waals surface area contributed by atoms with Crippen LogP contribution in [0.5, 0.6) is 0 Å². The van der Waals surface area contributed by atoms with Gasteiger partial charge in [0, 0.05) is 18.3 Å². The number of carbonyl (C=O) groups is 1. The van der Waals surface area contributed by atoms with E-state index in [0.29, 0.717) is 5.69 Å². The number of fused-ring (bicyclic) bond motifs is 1. The van der Waals surface area contributed by atoms with Gasteiger partial charge in [-0.3, -0.25) is 4.79 Å². The van der Waals surface area contributed by atoms with Crippen molar-refractivity contribution in [1.29, 1.82) is 0 Å². The molecule has 0 spiro atoms. The molecule has 0 aliphatic carbocycles. The van der Waals surface area contributed by atoms with Crippen LogP contribution in [0.25, 0.3) is 22.4 Å². The molecular formula is C22H18FN3O. The van der Waals surface area contributed by atoms with E-state index in [0.717, 1.165) is 28.0 Å². The van der Waals surface area contributed by atoms with Gasteiger partial charge in [0.1, 0.15) is 11.6 Å². The van der Waals surface area contributed by atoms with Crippen LogP contribution in [0.4, 0.5) is 10.1 Å². The zero-order chi connectivity index (χ0) is 18.8. The van der Waals surface area contributed by atoms with Crippen LogP contribution >= 0.6 is 0 Å². The van der Waals surface area contributed by atoms with Gasteiger partial charge in [-0.2, -0.15) is 0 Å². The Morgan fingerprint density at radius 2 is 1.70 bits per heavy atom. The van der Waals surface area contributed by atoms with Crippen LogP contribution in [-0.2, 0) is 18.3 Å². The summed E-state index contributed by atoms with van der Waals surface area (Å²) in [6, 6.07) is 21.5. The highest BCUT2D eigenvalue weighted by atomic mass is 19.1. The fourth-order valence-corrected chi connectivity index (χ4v) is 3.10. The van der Waals surface area contributed by atoms with Crippen molar-refractivity contribution in [2.75, 3.05) is 5.32 Å². The number of para-hydroxylation sites is 2. The summed E-state index contributed by atoms with van der Waals surface area (Å²) >= 11 is 0. The normalized spacial score (nSPS) is 10.9. The molecule has 0 aliphatic heterocycles. The van der Waals surface area contributed by atoms with E-state index in [-0.39, 0.29) is 18.1 Å². The maximum Gasteiger partial charge on any atom is 0.228 e. The molecule has 0 aliphatic rings. The minimum absolute atomic E-state index is 0.142. The van der Waals surface area contributed by atoms with E-state index in [4.69, 9.17) is 0 Å². The molecule has 0 saturated carbocycles.